The topological polar surface area (TPSA) is 204 Å². The molecule has 0 amide bonds. The second-order valence-electron chi connectivity index (χ2n) is 5.90. The molecule has 0 radical (unpaired) electrons. The summed E-state index contributed by atoms with van der Waals surface area (Å²) in [7, 11) is 0. The van der Waals surface area contributed by atoms with E-state index in [0.717, 1.165) is 6.20 Å². The number of aromatic amines is 1. The van der Waals surface area contributed by atoms with Crippen molar-refractivity contribution in [3.8, 4) is 16.9 Å². The minimum Gasteiger partial charge on any atom is -0.478 e. The number of benzene rings is 1. The van der Waals surface area contributed by atoms with Crippen LogP contribution in [-0.4, -0.2) is 41.8 Å². The van der Waals surface area contributed by atoms with Crippen molar-refractivity contribution in [1.29, 1.82) is 0 Å². The molecule has 0 bridgehead atoms. The third kappa shape index (κ3) is 3.80. The average molecular weight is 415 g/mol. The van der Waals surface area contributed by atoms with E-state index in [1.165, 1.54) is 35.1 Å². The molecule has 0 atom stereocenters. The first-order valence-corrected chi connectivity index (χ1v) is 8.11. The molecule has 13 heteroatoms. The normalized spacial score (nSPS) is 10.5. The lowest BCUT2D eigenvalue weighted by atomic mass is 9.95. The zero-order valence-electron chi connectivity index (χ0n) is 14.9. The Bertz CT molecular complexity index is 1210. The Kier molecular flexibility index (Phi) is 5.18. The van der Waals surface area contributed by atoms with E-state index in [9.17, 15) is 34.7 Å². The number of anilines is 1. The smallest absolute Gasteiger partial charge is 0.342 e. The highest BCUT2D eigenvalue weighted by Crippen LogP contribution is 2.30. The minimum absolute atomic E-state index is 0.115. The Morgan fingerprint density at radius 1 is 1.20 bits per heavy atom. The monoisotopic (exact) mass is 415 g/mol. The van der Waals surface area contributed by atoms with Crippen molar-refractivity contribution in [2.24, 2.45) is 0 Å². The van der Waals surface area contributed by atoms with Crippen LogP contribution in [-0.2, 0) is 6.73 Å². The number of nitro groups is 1. The zero-order chi connectivity index (χ0) is 22.0. The second-order valence-corrected chi connectivity index (χ2v) is 5.90. The molecule has 0 aliphatic carbocycles. The van der Waals surface area contributed by atoms with Gasteiger partial charge in [-0.15, -0.1) is 0 Å². The minimum atomic E-state index is -1.62. The Labute approximate surface area is 166 Å². The first kappa shape index (κ1) is 20.1. The number of carboxylic acids is 2. The molecule has 0 aliphatic rings. The van der Waals surface area contributed by atoms with Gasteiger partial charge in [0.05, 0.1) is 4.92 Å². The molecule has 0 saturated heterocycles. The summed E-state index contributed by atoms with van der Waals surface area (Å²) in [5, 5.41) is 33.2. The standard InChI is InChI=1S/C17H13N5O8/c18-14-12(16(24)25)11(13(17(26)27)15(23)20-14)8-1-3-10(4-2-8)30-7-21-6-9(5-19-21)22(28)29/h1-6H,7H2,(H,24,25)(H,26,27)(H3,18,20,23). The molecule has 0 spiro atoms. The number of nitrogens with two attached hydrogens (primary N) is 1. The molecule has 0 aliphatic heterocycles. The third-order valence-corrected chi connectivity index (χ3v) is 4.01. The van der Waals surface area contributed by atoms with Gasteiger partial charge in [-0.2, -0.15) is 5.10 Å². The van der Waals surface area contributed by atoms with Gasteiger partial charge in [-0.3, -0.25) is 14.9 Å². The average Bonchev–Trinajstić information content (AvgIpc) is 3.15. The van der Waals surface area contributed by atoms with E-state index in [0.29, 0.717) is 0 Å². The van der Waals surface area contributed by atoms with E-state index in [-0.39, 0.29) is 29.3 Å². The largest absolute Gasteiger partial charge is 0.478 e. The number of hydrogen-bond acceptors (Lipinski definition) is 8. The van der Waals surface area contributed by atoms with E-state index >= 15 is 0 Å². The zero-order valence-corrected chi connectivity index (χ0v) is 14.9. The number of H-pyrrole nitrogens is 1. The van der Waals surface area contributed by atoms with Crippen LogP contribution in [0.3, 0.4) is 0 Å². The molecule has 5 N–H and O–H groups in total. The van der Waals surface area contributed by atoms with Gasteiger partial charge in [-0.05, 0) is 17.7 Å². The van der Waals surface area contributed by atoms with E-state index in [1.54, 1.807) is 0 Å². The van der Waals surface area contributed by atoms with Crippen LogP contribution in [0.2, 0.25) is 0 Å². The summed E-state index contributed by atoms with van der Waals surface area (Å²) in [6.45, 7) is -0.147. The van der Waals surface area contributed by atoms with Crippen molar-refractivity contribution in [3.05, 3.63) is 68.3 Å². The summed E-state index contributed by atoms with van der Waals surface area (Å²) >= 11 is 0. The lowest BCUT2D eigenvalue weighted by molar-refractivity contribution is -0.385. The van der Waals surface area contributed by atoms with Crippen LogP contribution in [0.5, 0.6) is 5.75 Å². The van der Waals surface area contributed by atoms with Gasteiger partial charge >= 0.3 is 17.6 Å². The van der Waals surface area contributed by atoms with Gasteiger partial charge in [-0.25, -0.2) is 14.3 Å². The highest BCUT2D eigenvalue weighted by molar-refractivity contribution is 6.07. The molecule has 0 saturated carbocycles. The molecular weight excluding hydrogens is 402 g/mol. The fourth-order valence-electron chi connectivity index (χ4n) is 2.71. The molecule has 13 nitrogen and oxygen atoms in total. The summed E-state index contributed by atoms with van der Waals surface area (Å²) in [6.07, 6.45) is 2.23. The van der Waals surface area contributed by atoms with Crippen molar-refractivity contribution in [3.63, 3.8) is 0 Å². The Morgan fingerprint density at radius 2 is 1.83 bits per heavy atom. The molecule has 2 aromatic heterocycles. The molecular formula is C17H13N5O8. The van der Waals surface area contributed by atoms with Crippen LogP contribution in [0.1, 0.15) is 20.7 Å². The number of pyridine rings is 1. The number of nitrogens with zero attached hydrogens (tertiary/aromatic N) is 3. The number of carbonyl (C=O) groups is 2. The first-order chi connectivity index (χ1) is 14.2. The maximum atomic E-state index is 12.0. The van der Waals surface area contributed by atoms with Crippen molar-refractivity contribution < 1.29 is 29.5 Å². The molecule has 1 aromatic carbocycles. The predicted molar refractivity (Wildman–Crippen MR) is 100 cm³/mol. The number of rotatable bonds is 7. The Hall–Kier alpha value is -4.68. The van der Waals surface area contributed by atoms with E-state index in [1.807, 2.05) is 4.98 Å². The number of aromatic nitrogens is 3. The highest BCUT2D eigenvalue weighted by atomic mass is 16.6. The number of nitrogen functional groups attached to an aromatic ring is 1. The molecule has 3 rings (SSSR count). The van der Waals surface area contributed by atoms with Crippen LogP contribution < -0.4 is 16.0 Å². The Morgan fingerprint density at radius 3 is 2.37 bits per heavy atom. The quantitative estimate of drug-likeness (QED) is 0.320. The molecule has 3 aromatic rings. The van der Waals surface area contributed by atoms with Gasteiger partial charge in [0.15, 0.2) is 6.73 Å². The van der Waals surface area contributed by atoms with Crippen LogP contribution in [0.15, 0.2) is 41.5 Å². The molecule has 0 fully saturated rings. The second kappa shape index (κ2) is 7.75. The van der Waals surface area contributed by atoms with Crippen LogP contribution in [0.4, 0.5) is 11.5 Å². The summed E-state index contributed by atoms with van der Waals surface area (Å²) < 4.78 is 6.62. The highest BCUT2D eigenvalue weighted by Gasteiger charge is 2.26. The summed E-state index contributed by atoms with van der Waals surface area (Å²) in [4.78, 5) is 47.2. The van der Waals surface area contributed by atoms with Crippen molar-refractivity contribution in [2.75, 3.05) is 5.73 Å². The maximum Gasteiger partial charge on any atom is 0.342 e. The van der Waals surface area contributed by atoms with Crippen molar-refractivity contribution in [1.82, 2.24) is 14.8 Å². The molecule has 0 unspecified atom stereocenters. The number of nitrogens with one attached hydrogen (secondary N) is 1. The van der Waals surface area contributed by atoms with Gasteiger partial charge in [0, 0.05) is 5.56 Å². The molecule has 154 valence electrons. The van der Waals surface area contributed by atoms with E-state index < -0.39 is 39.4 Å². The number of hydrogen-bond donors (Lipinski definition) is 4. The van der Waals surface area contributed by atoms with Crippen LogP contribution in [0.25, 0.3) is 11.1 Å². The van der Waals surface area contributed by atoms with Gasteiger partial charge in [0.2, 0.25) is 0 Å². The van der Waals surface area contributed by atoms with Crippen LogP contribution >= 0.6 is 0 Å². The van der Waals surface area contributed by atoms with Gasteiger partial charge in [0.1, 0.15) is 35.1 Å². The SMILES string of the molecule is Nc1[nH]c(=O)c(C(=O)O)c(-c2ccc(OCn3cc([N+](=O)[O-])cn3)cc2)c1C(=O)O. The fourth-order valence-corrected chi connectivity index (χ4v) is 2.71. The predicted octanol–water partition coefficient (Wildman–Crippen LogP) is 1.16. The summed E-state index contributed by atoms with van der Waals surface area (Å²) in [5.41, 5.74) is 2.79. The summed E-state index contributed by atoms with van der Waals surface area (Å²) in [5.74, 6) is -3.33. The maximum absolute atomic E-state index is 12.0. The lowest BCUT2D eigenvalue weighted by Gasteiger charge is -2.13. The van der Waals surface area contributed by atoms with Gasteiger partial charge in [0.25, 0.3) is 5.56 Å². The first-order valence-electron chi connectivity index (χ1n) is 8.11. The fraction of sp³-hybridized carbons (Fsp3) is 0.0588. The lowest BCUT2D eigenvalue weighted by Crippen LogP contribution is -2.24. The molecule has 2 heterocycles. The summed E-state index contributed by atoms with van der Waals surface area (Å²) in [6, 6.07) is 5.52. The van der Waals surface area contributed by atoms with Gasteiger partial charge in [-0.1, -0.05) is 12.1 Å². The molecule has 30 heavy (non-hydrogen) atoms. The van der Waals surface area contributed by atoms with E-state index in [2.05, 4.69) is 5.10 Å². The Balaban J connectivity index is 1.94. The number of carboxylic acid groups (broad SMARTS) is 2. The van der Waals surface area contributed by atoms with Gasteiger partial charge < -0.3 is 25.7 Å². The van der Waals surface area contributed by atoms with Crippen molar-refractivity contribution >= 4 is 23.4 Å². The van der Waals surface area contributed by atoms with Crippen molar-refractivity contribution in [2.45, 2.75) is 6.73 Å². The number of aromatic carboxylic acids is 2. The number of ether oxygens (including phenoxy) is 1. The third-order valence-electron chi connectivity index (χ3n) is 4.01. The van der Waals surface area contributed by atoms with Crippen LogP contribution in [0, 0.1) is 10.1 Å². The van der Waals surface area contributed by atoms with E-state index in [4.69, 9.17) is 10.5 Å².